The lowest BCUT2D eigenvalue weighted by Crippen LogP contribution is -2.42. The lowest BCUT2D eigenvalue weighted by atomic mass is 9.91. The summed E-state index contributed by atoms with van der Waals surface area (Å²) in [6.45, 7) is 1.86. The Bertz CT molecular complexity index is 954. The van der Waals surface area contributed by atoms with E-state index in [1.165, 1.54) is 0 Å². The van der Waals surface area contributed by atoms with Gasteiger partial charge < -0.3 is 10.6 Å². The first-order valence-corrected chi connectivity index (χ1v) is 9.80. The molecule has 0 bridgehead atoms. The number of hydrogen-bond donors (Lipinski definition) is 2. The fourth-order valence-corrected chi connectivity index (χ4v) is 4.10. The fourth-order valence-electron chi connectivity index (χ4n) is 4.10. The number of carbonyl (C=O) groups excluding carboxylic acids is 1. The first-order valence-electron chi connectivity index (χ1n) is 9.80. The van der Waals surface area contributed by atoms with Crippen LogP contribution in [0.3, 0.4) is 0 Å². The Morgan fingerprint density at radius 3 is 2.68 bits per heavy atom. The quantitative estimate of drug-likeness (QED) is 0.845. The monoisotopic (exact) mass is 379 g/mol. The van der Waals surface area contributed by atoms with Gasteiger partial charge in [-0.25, -0.2) is 4.98 Å². The lowest BCUT2D eigenvalue weighted by Gasteiger charge is -2.32. The number of nitriles is 1. The normalized spacial score (nSPS) is 21.4. The zero-order chi connectivity index (χ0) is 19.7. The van der Waals surface area contributed by atoms with E-state index in [-0.39, 0.29) is 11.9 Å². The number of amides is 1. The van der Waals surface area contributed by atoms with Crippen LogP contribution in [0.5, 0.6) is 0 Å². The summed E-state index contributed by atoms with van der Waals surface area (Å²) in [7, 11) is 1.83. The maximum Gasteiger partial charge on any atom is 0.254 e. The van der Waals surface area contributed by atoms with E-state index in [0.717, 1.165) is 55.9 Å². The third-order valence-electron chi connectivity index (χ3n) is 5.53. The number of imidazole rings is 1. The Morgan fingerprint density at radius 2 is 2.00 bits per heavy atom. The topological polar surface area (TPSA) is 101 Å². The second-order valence-electron chi connectivity index (χ2n) is 7.62. The van der Waals surface area contributed by atoms with Gasteiger partial charge in [0.05, 0.1) is 11.3 Å². The minimum absolute atomic E-state index is 0.0379. The molecule has 0 unspecified atom stereocenters. The number of aromatic nitrogens is 4. The lowest BCUT2D eigenvalue weighted by molar-refractivity contribution is 0.0924. The third kappa shape index (κ3) is 3.65. The van der Waals surface area contributed by atoms with Gasteiger partial charge in [-0.2, -0.15) is 10.4 Å². The van der Waals surface area contributed by atoms with E-state index in [4.69, 9.17) is 5.26 Å². The molecule has 3 heterocycles. The Hall–Kier alpha value is -3.08. The van der Waals surface area contributed by atoms with Gasteiger partial charge in [-0.1, -0.05) is 0 Å². The summed E-state index contributed by atoms with van der Waals surface area (Å²) in [4.78, 5) is 16.8. The average molecular weight is 379 g/mol. The molecule has 0 radical (unpaired) electrons. The summed E-state index contributed by atoms with van der Waals surface area (Å²) in [5.41, 5.74) is 1.87. The SMILES string of the molecule is Cc1nn(C)cc1C(=O)NC1CCC(NC2=CCCc3nc(C#N)cn32)CC1. The molecule has 0 aromatic carbocycles. The van der Waals surface area contributed by atoms with Crippen LogP contribution in [0.15, 0.2) is 18.5 Å². The first-order chi connectivity index (χ1) is 13.5. The molecule has 2 N–H and O–H groups in total. The summed E-state index contributed by atoms with van der Waals surface area (Å²) in [5.74, 6) is 1.92. The molecule has 0 spiro atoms. The van der Waals surface area contributed by atoms with Crippen LogP contribution in [0.2, 0.25) is 0 Å². The first kappa shape index (κ1) is 18.3. The Kier molecular flexibility index (Phi) is 4.90. The van der Waals surface area contributed by atoms with Crippen molar-refractivity contribution in [3.63, 3.8) is 0 Å². The highest BCUT2D eigenvalue weighted by atomic mass is 16.1. The largest absolute Gasteiger partial charge is 0.369 e. The predicted molar refractivity (Wildman–Crippen MR) is 104 cm³/mol. The van der Waals surface area contributed by atoms with Crippen LogP contribution in [-0.2, 0) is 13.5 Å². The van der Waals surface area contributed by atoms with Crippen molar-refractivity contribution in [2.45, 2.75) is 57.5 Å². The van der Waals surface area contributed by atoms with Crippen molar-refractivity contribution in [2.75, 3.05) is 0 Å². The van der Waals surface area contributed by atoms with E-state index in [2.05, 4.69) is 32.9 Å². The predicted octanol–water partition coefficient (Wildman–Crippen LogP) is 1.87. The maximum atomic E-state index is 12.5. The molecule has 1 saturated carbocycles. The zero-order valence-corrected chi connectivity index (χ0v) is 16.3. The van der Waals surface area contributed by atoms with Crippen molar-refractivity contribution in [3.05, 3.63) is 41.2 Å². The number of nitrogens with one attached hydrogen (secondary N) is 2. The number of nitrogens with zero attached hydrogens (tertiary/aromatic N) is 5. The van der Waals surface area contributed by atoms with Gasteiger partial charge in [-0.05, 0) is 45.1 Å². The highest BCUT2D eigenvalue weighted by molar-refractivity contribution is 5.95. The molecule has 2 aromatic heterocycles. The molecule has 1 fully saturated rings. The van der Waals surface area contributed by atoms with E-state index in [9.17, 15) is 4.79 Å². The third-order valence-corrected chi connectivity index (χ3v) is 5.53. The summed E-state index contributed by atoms with van der Waals surface area (Å²) in [6, 6.07) is 2.67. The maximum absolute atomic E-state index is 12.5. The number of allylic oxidation sites excluding steroid dienone is 1. The summed E-state index contributed by atoms with van der Waals surface area (Å²) >= 11 is 0. The van der Waals surface area contributed by atoms with Gasteiger partial charge in [0.25, 0.3) is 5.91 Å². The van der Waals surface area contributed by atoms with E-state index in [1.54, 1.807) is 17.1 Å². The van der Waals surface area contributed by atoms with Crippen LogP contribution >= 0.6 is 0 Å². The molecule has 1 amide bonds. The Morgan fingerprint density at radius 1 is 1.25 bits per heavy atom. The molecule has 1 aliphatic heterocycles. The molecule has 0 atom stereocenters. The number of rotatable bonds is 4. The summed E-state index contributed by atoms with van der Waals surface area (Å²) < 4.78 is 3.67. The van der Waals surface area contributed by atoms with Crippen LogP contribution in [-0.4, -0.2) is 37.3 Å². The van der Waals surface area contributed by atoms with Crippen molar-refractivity contribution >= 4 is 11.7 Å². The standard InChI is InChI=1S/C20H25N7O/c1-13-17(12-26(2)25-13)20(28)24-15-8-6-14(7-9-15)22-18-4-3-5-19-23-16(10-21)11-27(18)19/h4,11-12,14-15,22H,3,5-9H2,1-2H3,(H,24,28). The minimum Gasteiger partial charge on any atom is -0.369 e. The van der Waals surface area contributed by atoms with Gasteiger partial charge in [0.1, 0.15) is 17.7 Å². The molecule has 146 valence electrons. The van der Waals surface area contributed by atoms with Gasteiger partial charge in [0.2, 0.25) is 0 Å². The molecule has 4 rings (SSSR count). The molecule has 0 saturated heterocycles. The highest BCUT2D eigenvalue weighted by Crippen LogP contribution is 2.23. The van der Waals surface area contributed by atoms with Crippen LogP contribution in [0.25, 0.3) is 5.82 Å². The van der Waals surface area contributed by atoms with Crippen molar-refractivity contribution in [1.29, 1.82) is 5.26 Å². The number of hydrogen-bond acceptors (Lipinski definition) is 5. The molecular weight excluding hydrogens is 354 g/mol. The summed E-state index contributed by atoms with van der Waals surface area (Å²) in [5, 5.41) is 20.1. The van der Waals surface area contributed by atoms with E-state index < -0.39 is 0 Å². The fraction of sp³-hybridized carbons (Fsp3) is 0.500. The molecule has 2 aromatic rings. The van der Waals surface area contributed by atoms with Crippen LogP contribution in [0.4, 0.5) is 0 Å². The van der Waals surface area contributed by atoms with Gasteiger partial charge in [0, 0.05) is 37.9 Å². The Balaban J connectivity index is 1.32. The Labute approximate surface area is 164 Å². The number of fused-ring (bicyclic) bond motifs is 1. The smallest absolute Gasteiger partial charge is 0.254 e. The molecule has 8 heteroatoms. The van der Waals surface area contributed by atoms with Crippen LogP contribution in [0.1, 0.15) is 59.7 Å². The van der Waals surface area contributed by atoms with Gasteiger partial charge in [-0.15, -0.1) is 0 Å². The minimum atomic E-state index is -0.0379. The summed E-state index contributed by atoms with van der Waals surface area (Å²) in [6.07, 6.45) is 11.4. The average Bonchev–Trinajstić information content (AvgIpc) is 3.26. The van der Waals surface area contributed by atoms with Crippen molar-refractivity contribution in [2.24, 2.45) is 7.05 Å². The van der Waals surface area contributed by atoms with Gasteiger partial charge in [0.15, 0.2) is 5.69 Å². The van der Waals surface area contributed by atoms with Crippen molar-refractivity contribution in [3.8, 4) is 6.07 Å². The van der Waals surface area contributed by atoms with Crippen molar-refractivity contribution < 1.29 is 4.79 Å². The van der Waals surface area contributed by atoms with E-state index >= 15 is 0 Å². The molecule has 2 aliphatic rings. The van der Waals surface area contributed by atoms with Crippen LogP contribution < -0.4 is 10.6 Å². The molecule has 8 nitrogen and oxygen atoms in total. The van der Waals surface area contributed by atoms with E-state index in [0.29, 0.717) is 17.3 Å². The van der Waals surface area contributed by atoms with E-state index in [1.807, 2.05) is 18.5 Å². The number of carbonyl (C=O) groups is 1. The van der Waals surface area contributed by atoms with Gasteiger partial charge in [-0.3, -0.25) is 14.0 Å². The molecule has 28 heavy (non-hydrogen) atoms. The highest BCUT2D eigenvalue weighted by Gasteiger charge is 2.25. The van der Waals surface area contributed by atoms with Crippen LogP contribution in [0, 0.1) is 18.3 Å². The second kappa shape index (κ2) is 7.50. The number of aryl methyl sites for hydroxylation is 3. The zero-order valence-electron chi connectivity index (χ0n) is 16.3. The van der Waals surface area contributed by atoms with Gasteiger partial charge >= 0.3 is 0 Å². The second-order valence-corrected chi connectivity index (χ2v) is 7.62. The van der Waals surface area contributed by atoms with Crippen molar-refractivity contribution in [1.82, 2.24) is 30.0 Å². The molecule has 1 aliphatic carbocycles. The molecular formula is C20H25N7O.